The maximum atomic E-state index is 12.3. The predicted octanol–water partition coefficient (Wildman–Crippen LogP) is 3.04. The molecule has 0 unspecified atom stereocenters. The van der Waals surface area contributed by atoms with Crippen molar-refractivity contribution in [2.45, 2.75) is 13.1 Å². The van der Waals surface area contributed by atoms with Crippen molar-refractivity contribution in [1.82, 2.24) is 20.2 Å². The van der Waals surface area contributed by atoms with Gasteiger partial charge in [0.25, 0.3) is 0 Å². The molecule has 26 heavy (non-hydrogen) atoms. The van der Waals surface area contributed by atoms with E-state index in [1.807, 2.05) is 37.2 Å². The molecule has 3 aromatic rings. The van der Waals surface area contributed by atoms with Crippen LogP contribution in [0.15, 0.2) is 54.9 Å². The maximum absolute atomic E-state index is 12.3. The first-order chi connectivity index (χ1) is 12.5. The number of carbonyl (C=O) groups excluding carboxylic acids is 1. The van der Waals surface area contributed by atoms with Gasteiger partial charge in [0.15, 0.2) is 0 Å². The van der Waals surface area contributed by atoms with Crippen LogP contribution in [0.2, 0.25) is 0 Å². The smallest absolute Gasteiger partial charge is 0.317 e. The van der Waals surface area contributed by atoms with Crippen LogP contribution < -0.4 is 10.2 Å². The van der Waals surface area contributed by atoms with Gasteiger partial charge in [0.2, 0.25) is 5.95 Å². The summed E-state index contributed by atoms with van der Waals surface area (Å²) in [7, 11) is 5.54. The van der Waals surface area contributed by atoms with Crippen LogP contribution in [0.3, 0.4) is 0 Å². The second-order valence-electron chi connectivity index (χ2n) is 6.48. The Kier molecular flexibility index (Phi) is 5.31. The molecule has 0 fully saturated rings. The van der Waals surface area contributed by atoms with E-state index < -0.39 is 0 Å². The van der Waals surface area contributed by atoms with E-state index >= 15 is 0 Å². The molecule has 0 radical (unpaired) electrons. The van der Waals surface area contributed by atoms with Crippen LogP contribution in [0.25, 0.3) is 10.8 Å². The number of carbonyl (C=O) groups is 1. The highest BCUT2D eigenvalue weighted by molar-refractivity contribution is 5.83. The van der Waals surface area contributed by atoms with Crippen molar-refractivity contribution in [3.05, 3.63) is 66.0 Å². The molecule has 0 saturated carbocycles. The lowest BCUT2D eigenvalue weighted by molar-refractivity contribution is 0.206. The number of rotatable bonds is 5. The van der Waals surface area contributed by atoms with Crippen molar-refractivity contribution in [3.63, 3.8) is 0 Å². The summed E-state index contributed by atoms with van der Waals surface area (Å²) >= 11 is 0. The second kappa shape index (κ2) is 7.82. The lowest BCUT2D eigenvalue weighted by Crippen LogP contribution is -2.36. The monoisotopic (exact) mass is 349 g/mol. The number of nitrogens with zero attached hydrogens (tertiary/aromatic N) is 4. The van der Waals surface area contributed by atoms with E-state index in [4.69, 9.17) is 0 Å². The van der Waals surface area contributed by atoms with E-state index in [2.05, 4.69) is 39.6 Å². The Morgan fingerprint density at radius 3 is 2.35 bits per heavy atom. The zero-order valence-corrected chi connectivity index (χ0v) is 15.3. The van der Waals surface area contributed by atoms with Gasteiger partial charge < -0.3 is 15.1 Å². The Balaban J connectivity index is 1.56. The first-order valence-electron chi connectivity index (χ1n) is 8.48. The molecular formula is C20H23N5O. The van der Waals surface area contributed by atoms with E-state index in [0.29, 0.717) is 19.0 Å². The Hall–Kier alpha value is -3.15. The molecule has 0 aliphatic heterocycles. The maximum Gasteiger partial charge on any atom is 0.317 e. The van der Waals surface area contributed by atoms with Crippen molar-refractivity contribution < 1.29 is 4.79 Å². The number of nitrogens with one attached hydrogen (secondary N) is 1. The van der Waals surface area contributed by atoms with E-state index in [-0.39, 0.29) is 6.03 Å². The van der Waals surface area contributed by atoms with E-state index in [9.17, 15) is 4.79 Å². The molecule has 2 amide bonds. The van der Waals surface area contributed by atoms with Gasteiger partial charge in [-0.05, 0) is 22.4 Å². The summed E-state index contributed by atoms with van der Waals surface area (Å²) in [5, 5.41) is 5.32. The van der Waals surface area contributed by atoms with Gasteiger partial charge in [-0.25, -0.2) is 14.8 Å². The van der Waals surface area contributed by atoms with Crippen LogP contribution in [0.1, 0.15) is 11.1 Å². The molecule has 1 aromatic heterocycles. The number of amides is 2. The largest absolute Gasteiger partial charge is 0.347 e. The highest BCUT2D eigenvalue weighted by atomic mass is 16.2. The zero-order chi connectivity index (χ0) is 18.5. The van der Waals surface area contributed by atoms with E-state index in [1.165, 1.54) is 10.8 Å². The summed E-state index contributed by atoms with van der Waals surface area (Å²) in [6.07, 6.45) is 3.49. The number of hydrogen-bond donors (Lipinski definition) is 1. The highest BCUT2D eigenvalue weighted by Gasteiger charge is 2.10. The molecule has 0 aliphatic carbocycles. The molecule has 0 spiro atoms. The Labute approximate surface area is 153 Å². The van der Waals surface area contributed by atoms with Gasteiger partial charge in [-0.3, -0.25) is 0 Å². The molecule has 1 N–H and O–H groups in total. The lowest BCUT2D eigenvalue weighted by Gasteiger charge is -2.18. The van der Waals surface area contributed by atoms with Crippen molar-refractivity contribution in [3.8, 4) is 0 Å². The van der Waals surface area contributed by atoms with Crippen molar-refractivity contribution in [2.24, 2.45) is 0 Å². The van der Waals surface area contributed by atoms with E-state index in [0.717, 1.165) is 11.1 Å². The summed E-state index contributed by atoms with van der Waals surface area (Å²) in [5.41, 5.74) is 1.96. The van der Waals surface area contributed by atoms with Crippen LogP contribution in [-0.2, 0) is 13.1 Å². The summed E-state index contributed by atoms with van der Waals surface area (Å²) in [6.45, 7) is 0.946. The molecule has 0 saturated heterocycles. The molecule has 2 aromatic carbocycles. The van der Waals surface area contributed by atoms with Crippen LogP contribution in [0.4, 0.5) is 10.7 Å². The second-order valence-corrected chi connectivity index (χ2v) is 6.48. The van der Waals surface area contributed by atoms with Crippen LogP contribution in [-0.4, -0.2) is 42.0 Å². The Bertz CT molecular complexity index is 892. The summed E-state index contributed by atoms with van der Waals surface area (Å²) in [4.78, 5) is 24.3. The average molecular weight is 349 g/mol. The van der Waals surface area contributed by atoms with Gasteiger partial charge in [-0.2, -0.15) is 0 Å². The number of anilines is 1. The minimum Gasteiger partial charge on any atom is -0.347 e. The summed E-state index contributed by atoms with van der Waals surface area (Å²) in [5.74, 6) is 0.650. The minimum atomic E-state index is -0.130. The highest BCUT2D eigenvalue weighted by Crippen LogP contribution is 2.15. The van der Waals surface area contributed by atoms with E-state index in [1.54, 1.807) is 24.3 Å². The molecule has 0 aliphatic rings. The van der Waals surface area contributed by atoms with Gasteiger partial charge in [-0.15, -0.1) is 0 Å². The third kappa shape index (κ3) is 4.27. The lowest BCUT2D eigenvalue weighted by atomic mass is 10.1. The normalized spacial score (nSPS) is 10.6. The predicted molar refractivity (Wildman–Crippen MR) is 104 cm³/mol. The van der Waals surface area contributed by atoms with Gasteiger partial charge in [-0.1, -0.05) is 36.4 Å². The Morgan fingerprint density at radius 2 is 1.65 bits per heavy atom. The topological polar surface area (TPSA) is 61.4 Å². The number of aromatic nitrogens is 2. The fourth-order valence-electron chi connectivity index (χ4n) is 2.67. The molecule has 6 nitrogen and oxygen atoms in total. The SMILES string of the molecule is CN(Cc1cnc(N(C)C)nc1)C(=O)NCc1ccc2ccccc2c1. The molecule has 134 valence electrons. The first kappa shape index (κ1) is 17.7. The molecular weight excluding hydrogens is 326 g/mol. The third-order valence-electron chi connectivity index (χ3n) is 4.12. The average Bonchev–Trinajstić information content (AvgIpc) is 2.66. The van der Waals surface area contributed by atoms with Crippen LogP contribution >= 0.6 is 0 Å². The van der Waals surface area contributed by atoms with Crippen molar-refractivity contribution in [2.75, 3.05) is 26.0 Å². The number of fused-ring (bicyclic) bond motifs is 1. The van der Waals surface area contributed by atoms with Gasteiger partial charge in [0, 0.05) is 45.6 Å². The third-order valence-corrected chi connectivity index (χ3v) is 4.12. The zero-order valence-electron chi connectivity index (χ0n) is 15.3. The molecule has 3 rings (SSSR count). The van der Waals surface area contributed by atoms with Crippen LogP contribution in [0, 0.1) is 0 Å². The Morgan fingerprint density at radius 1 is 0.962 bits per heavy atom. The summed E-state index contributed by atoms with van der Waals surface area (Å²) < 4.78 is 0. The van der Waals surface area contributed by atoms with Gasteiger partial charge in [0.1, 0.15) is 0 Å². The molecule has 1 heterocycles. The fraction of sp³-hybridized carbons (Fsp3) is 0.250. The quantitative estimate of drug-likeness (QED) is 0.769. The van der Waals surface area contributed by atoms with Crippen molar-refractivity contribution >= 4 is 22.8 Å². The molecule has 0 atom stereocenters. The van der Waals surface area contributed by atoms with Crippen LogP contribution in [0.5, 0.6) is 0 Å². The van der Waals surface area contributed by atoms with Gasteiger partial charge in [0.05, 0.1) is 6.54 Å². The summed E-state index contributed by atoms with van der Waals surface area (Å²) in [6, 6.07) is 14.3. The number of benzene rings is 2. The van der Waals surface area contributed by atoms with Gasteiger partial charge >= 0.3 is 6.03 Å². The number of urea groups is 1. The molecule has 6 heteroatoms. The minimum absolute atomic E-state index is 0.130. The standard InChI is InChI=1S/C20H23N5O/c1-24(2)19-21-12-16(13-22-19)14-25(3)20(26)23-11-15-8-9-17-6-4-5-7-18(17)10-15/h4-10,12-13H,11,14H2,1-3H3,(H,23,26). The number of hydrogen-bond acceptors (Lipinski definition) is 4. The first-order valence-corrected chi connectivity index (χ1v) is 8.48. The van der Waals surface area contributed by atoms with Crippen molar-refractivity contribution in [1.29, 1.82) is 0 Å². The molecule has 0 bridgehead atoms. The fourth-order valence-corrected chi connectivity index (χ4v) is 2.67.